The van der Waals surface area contributed by atoms with Gasteiger partial charge in [0.1, 0.15) is 22.4 Å². The molecular formula is C70H48Br3N9O6S4. The first-order chi connectivity index (χ1) is 45.1. The average molecular weight is 1480 g/mol. The van der Waals surface area contributed by atoms with E-state index in [1.54, 1.807) is 70.1 Å². The molecule has 92 heavy (non-hydrogen) atoms. The second-order valence-electron chi connectivity index (χ2n) is 20.8. The Balaban J connectivity index is 0.000000150. The molecule has 2 amide bonds. The lowest BCUT2D eigenvalue weighted by Crippen LogP contribution is -2.31. The Kier molecular flexibility index (Phi) is 19.4. The molecule has 14 aromatic rings. The number of hydrogen-bond acceptors (Lipinski definition) is 18. The summed E-state index contributed by atoms with van der Waals surface area (Å²) < 4.78 is 12.6. The van der Waals surface area contributed by atoms with Crippen LogP contribution in [0.3, 0.4) is 0 Å². The maximum absolute atomic E-state index is 11.3. The Morgan fingerprint density at radius 3 is 1.43 bits per heavy atom. The number of fused-ring (bicyclic) bond motifs is 2. The van der Waals surface area contributed by atoms with Gasteiger partial charge in [0.15, 0.2) is 11.0 Å². The monoisotopic (exact) mass is 1480 g/mol. The minimum Gasteiger partial charge on any atom is -0.330 e. The van der Waals surface area contributed by atoms with Gasteiger partial charge >= 0.3 is 5.97 Å². The van der Waals surface area contributed by atoms with Crippen LogP contribution < -0.4 is 0 Å². The maximum Gasteiger partial charge on any atom is 0.333 e. The zero-order valence-electron chi connectivity index (χ0n) is 48.3. The number of hydrogen-bond donors (Lipinski definition) is 0. The van der Waals surface area contributed by atoms with Crippen molar-refractivity contribution in [3.05, 3.63) is 214 Å². The highest BCUT2D eigenvalue weighted by Gasteiger charge is 2.33. The molecule has 11 heterocycles. The summed E-state index contributed by atoms with van der Waals surface area (Å²) in [4.78, 5) is 62.1. The van der Waals surface area contributed by atoms with Crippen molar-refractivity contribution in [1.82, 2.24) is 45.6 Å². The van der Waals surface area contributed by atoms with E-state index in [2.05, 4.69) is 205 Å². The van der Waals surface area contributed by atoms with E-state index in [0.29, 0.717) is 33.6 Å². The summed E-state index contributed by atoms with van der Waals surface area (Å²) in [5, 5.41) is 23.0. The molecule has 454 valence electrons. The molecule has 1 aliphatic rings. The van der Waals surface area contributed by atoms with Gasteiger partial charge in [-0.25, -0.2) is 24.0 Å². The number of rotatable bonds is 16. The van der Waals surface area contributed by atoms with E-state index >= 15 is 0 Å². The van der Waals surface area contributed by atoms with E-state index in [-0.39, 0.29) is 19.3 Å². The van der Waals surface area contributed by atoms with Gasteiger partial charge in [-0.1, -0.05) is 132 Å². The van der Waals surface area contributed by atoms with Crippen molar-refractivity contribution in [3.8, 4) is 108 Å². The summed E-state index contributed by atoms with van der Waals surface area (Å²) in [6, 6.07) is 58.7. The van der Waals surface area contributed by atoms with E-state index in [4.69, 9.17) is 24.1 Å². The van der Waals surface area contributed by atoms with Gasteiger partial charge < -0.3 is 4.84 Å². The molecule has 0 spiro atoms. The van der Waals surface area contributed by atoms with Crippen LogP contribution in [0.25, 0.3) is 130 Å². The van der Waals surface area contributed by atoms with E-state index in [1.165, 1.54) is 22.3 Å². The lowest BCUT2D eigenvalue weighted by molar-refractivity contribution is -0.197. The fourth-order valence-electron chi connectivity index (χ4n) is 10.3. The summed E-state index contributed by atoms with van der Waals surface area (Å²) in [5.74, 6) is -1.38. The molecule has 0 aliphatic carbocycles. The standard InChI is InChI=1S/C42H26N4OS2.C18H8Br2N4OS2.C10H14BrNO4/c1-3-7-27(8-4-1)29-11-13-31(14-12-29)34-25-37(48-26-34)38-39(33-21-23-43-24-22-33)44-40(42-41(38)45-47-46-42)36-20-19-35(49-36)32-17-15-30(16-18-32)28-9-5-2-6-10-28;19-10-7-12(26-8-10)14-15(9-3-5-21-6-4-9)22-16(11-1-2-13(20)27-11)18-17(14)23-25-24-18;11-7-3-1-2-4-10(15)16-12-8(13)5-6-9(12)14/h1-26H;1-8H;1-7H2. The minimum absolute atomic E-state index is 0.135. The zero-order valence-corrected chi connectivity index (χ0v) is 56.3. The van der Waals surface area contributed by atoms with Crippen molar-refractivity contribution in [2.45, 2.75) is 38.5 Å². The highest BCUT2D eigenvalue weighted by Crippen LogP contribution is 2.47. The maximum atomic E-state index is 11.3. The number of halogens is 3. The quantitative estimate of drug-likeness (QED) is 0.0504. The van der Waals surface area contributed by atoms with Crippen molar-refractivity contribution in [2.24, 2.45) is 0 Å². The number of amides is 2. The zero-order chi connectivity index (χ0) is 62.9. The van der Waals surface area contributed by atoms with Crippen LogP contribution >= 0.6 is 93.1 Å². The summed E-state index contributed by atoms with van der Waals surface area (Å²) >= 11 is 16.9. The first-order valence-electron chi connectivity index (χ1n) is 28.9. The molecule has 0 N–H and O–H groups in total. The molecule has 0 saturated carbocycles. The normalized spacial score (nSPS) is 12.1. The number of aromatic nitrogens is 8. The Morgan fingerprint density at radius 2 is 0.924 bits per heavy atom. The molecule has 0 atom stereocenters. The van der Waals surface area contributed by atoms with E-state index in [9.17, 15) is 14.4 Å². The van der Waals surface area contributed by atoms with Crippen molar-refractivity contribution >= 4 is 133 Å². The van der Waals surface area contributed by atoms with Gasteiger partial charge in [-0.05, 0) is 170 Å². The molecule has 0 bridgehead atoms. The summed E-state index contributed by atoms with van der Waals surface area (Å²) in [5.41, 5.74) is 17.8. The third kappa shape index (κ3) is 13.8. The van der Waals surface area contributed by atoms with E-state index in [0.717, 1.165) is 113 Å². The van der Waals surface area contributed by atoms with Gasteiger partial charge in [-0.3, -0.25) is 19.6 Å². The van der Waals surface area contributed by atoms with Crippen LogP contribution in [0, 0.1) is 0 Å². The van der Waals surface area contributed by atoms with Gasteiger partial charge in [0.25, 0.3) is 11.8 Å². The van der Waals surface area contributed by atoms with Crippen molar-refractivity contribution in [1.29, 1.82) is 0 Å². The van der Waals surface area contributed by atoms with Crippen LogP contribution in [0.5, 0.6) is 0 Å². The second-order valence-corrected chi connectivity index (χ2v) is 27.9. The molecule has 1 fully saturated rings. The first-order valence-corrected chi connectivity index (χ1v) is 35.0. The van der Waals surface area contributed by atoms with Crippen LogP contribution in [0.4, 0.5) is 0 Å². The lowest BCUT2D eigenvalue weighted by Gasteiger charge is -2.12. The molecule has 1 aliphatic heterocycles. The number of benzene rings is 4. The molecule has 0 radical (unpaired) electrons. The van der Waals surface area contributed by atoms with Gasteiger partial charge in [-0.2, -0.15) is 0 Å². The minimum atomic E-state index is -0.516. The number of pyridine rings is 4. The first kappa shape index (κ1) is 62.0. The largest absolute Gasteiger partial charge is 0.333 e. The number of alkyl halides is 1. The van der Waals surface area contributed by atoms with Crippen LogP contribution in [0.2, 0.25) is 0 Å². The molecular weight excluding hydrogens is 1430 g/mol. The number of hydroxylamine groups is 2. The molecule has 22 heteroatoms. The van der Waals surface area contributed by atoms with Crippen LogP contribution in [-0.4, -0.2) is 68.7 Å². The van der Waals surface area contributed by atoms with Crippen molar-refractivity contribution < 1.29 is 28.5 Å². The van der Waals surface area contributed by atoms with Crippen LogP contribution in [-0.2, 0) is 19.2 Å². The highest BCUT2D eigenvalue weighted by molar-refractivity contribution is 9.11. The summed E-state index contributed by atoms with van der Waals surface area (Å²) in [6.45, 7) is 0. The summed E-state index contributed by atoms with van der Waals surface area (Å²) in [6.07, 6.45) is 10.2. The highest BCUT2D eigenvalue weighted by atomic mass is 79.9. The van der Waals surface area contributed by atoms with Crippen LogP contribution in [0.1, 0.15) is 38.5 Å². The van der Waals surface area contributed by atoms with E-state index < -0.39 is 17.8 Å². The van der Waals surface area contributed by atoms with Gasteiger partial charge in [0.2, 0.25) is 0 Å². The Morgan fingerprint density at radius 1 is 0.457 bits per heavy atom. The topological polar surface area (TPSA) is 193 Å². The Hall–Kier alpha value is -8.87. The van der Waals surface area contributed by atoms with Crippen LogP contribution in [0.15, 0.2) is 223 Å². The number of carbonyl (C=O) groups excluding carboxylic acids is 3. The number of carbonyl (C=O) groups is 3. The number of unbranched alkanes of at least 4 members (excludes halogenated alkanes) is 2. The predicted molar refractivity (Wildman–Crippen MR) is 375 cm³/mol. The second kappa shape index (κ2) is 28.7. The average Bonchev–Trinajstić information content (AvgIpc) is 1.28. The molecule has 15 nitrogen and oxygen atoms in total. The third-order valence-electron chi connectivity index (χ3n) is 14.8. The number of imide groups is 1. The Bertz CT molecular complexity index is 4870. The SMILES string of the molecule is Brc1csc(-c2c(-c3ccncc3)nc(-c3ccc(Br)s3)c3nonc23)c1.O=C(CCCCCBr)ON1C(=O)CCC1=O.c1ccc(-c2ccc(-c3csc(-c4c(-c5ccncc5)nc(-c5ccc(-c6ccc(-c7ccccc7)cc6)s5)c5nonc45)c3)cc2)cc1. The predicted octanol–water partition coefficient (Wildman–Crippen LogP) is 20.0. The third-order valence-corrected chi connectivity index (χ3v) is 20.8. The molecule has 10 aromatic heterocycles. The Labute approximate surface area is 568 Å². The lowest BCUT2D eigenvalue weighted by atomic mass is 9.99. The van der Waals surface area contributed by atoms with Gasteiger partial charge in [0.05, 0.1) is 24.9 Å². The molecule has 15 rings (SSSR count). The molecule has 1 saturated heterocycles. The number of nitrogens with zero attached hydrogens (tertiary/aromatic N) is 9. The fourth-order valence-corrected chi connectivity index (χ4v) is 15.6. The van der Waals surface area contributed by atoms with Crippen molar-refractivity contribution in [3.63, 3.8) is 0 Å². The smallest absolute Gasteiger partial charge is 0.330 e. The van der Waals surface area contributed by atoms with Gasteiger partial charge in [-0.15, -0.1) is 50.4 Å². The fraction of sp³-hybridized carbons (Fsp3) is 0.100. The van der Waals surface area contributed by atoms with Gasteiger partial charge in [0, 0.05) is 96.1 Å². The molecule has 0 unspecified atom stereocenters. The number of thiophene rings is 4. The summed E-state index contributed by atoms with van der Waals surface area (Å²) in [7, 11) is 0. The van der Waals surface area contributed by atoms with Crippen molar-refractivity contribution in [2.75, 3.05) is 5.33 Å². The molecule has 4 aromatic carbocycles. The van der Waals surface area contributed by atoms with E-state index in [1.807, 2.05) is 53.9 Å².